The number of methoxy groups -OCH3 is 1. The van der Waals surface area contributed by atoms with Crippen molar-refractivity contribution < 1.29 is 14.7 Å². The minimum absolute atomic E-state index is 0.0137. The third-order valence-corrected chi connectivity index (χ3v) is 3.03. The van der Waals surface area contributed by atoms with Gasteiger partial charge in [0.15, 0.2) is 5.84 Å². The number of hydrogen-bond donors (Lipinski definition) is 3. The molecule has 0 radical (unpaired) electrons. The number of nitrogens with zero attached hydrogens (tertiary/aromatic N) is 1. The summed E-state index contributed by atoms with van der Waals surface area (Å²) >= 11 is 0. The molecule has 0 aliphatic heterocycles. The lowest BCUT2D eigenvalue weighted by molar-refractivity contribution is -0.122. The second-order valence-electron chi connectivity index (χ2n) is 4.52. The normalized spacial score (nSPS) is 14.6. The number of ether oxygens (including phenoxy) is 1. The first-order valence-corrected chi connectivity index (χ1v) is 6.43. The number of nitrogens with two attached hydrogens (primary N) is 1. The van der Waals surface area contributed by atoms with Crippen LogP contribution in [-0.2, 0) is 9.53 Å². The number of oxime groups is 1. The van der Waals surface area contributed by atoms with Crippen molar-refractivity contribution in [3.8, 4) is 0 Å². The van der Waals surface area contributed by atoms with Gasteiger partial charge in [-0.15, -0.1) is 0 Å². The van der Waals surface area contributed by atoms with Gasteiger partial charge in [0, 0.05) is 13.5 Å². The van der Waals surface area contributed by atoms with Gasteiger partial charge in [0.2, 0.25) is 5.91 Å². The molecule has 0 aliphatic rings. The maximum absolute atomic E-state index is 11.9. The number of carbonyl (C=O) groups is 1. The van der Waals surface area contributed by atoms with Crippen molar-refractivity contribution in [2.24, 2.45) is 10.9 Å². The summed E-state index contributed by atoms with van der Waals surface area (Å²) in [5.74, 6) is -0.223. The largest absolute Gasteiger partial charge is 0.409 e. The topological polar surface area (TPSA) is 96.9 Å². The van der Waals surface area contributed by atoms with Crippen molar-refractivity contribution in [1.82, 2.24) is 5.32 Å². The third kappa shape index (κ3) is 4.89. The van der Waals surface area contributed by atoms with Crippen LogP contribution in [0.3, 0.4) is 0 Å². The fourth-order valence-electron chi connectivity index (χ4n) is 1.72. The van der Waals surface area contributed by atoms with Gasteiger partial charge in [-0.05, 0) is 18.9 Å². The first-order chi connectivity index (χ1) is 9.58. The third-order valence-electron chi connectivity index (χ3n) is 3.03. The molecule has 110 valence electrons. The number of rotatable bonds is 7. The second-order valence-corrected chi connectivity index (χ2v) is 4.52. The van der Waals surface area contributed by atoms with Gasteiger partial charge < -0.3 is 21.0 Å². The van der Waals surface area contributed by atoms with E-state index in [1.165, 1.54) is 0 Å². The molecule has 0 bridgehead atoms. The van der Waals surface area contributed by atoms with E-state index >= 15 is 0 Å². The maximum atomic E-state index is 11.9. The van der Waals surface area contributed by atoms with Gasteiger partial charge in [-0.3, -0.25) is 4.79 Å². The molecule has 20 heavy (non-hydrogen) atoms. The number of hydrogen-bond acceptors (Lipinski definition) is 4. The van der Waals surface area contributed by atoms with E-state index in [1.807, 2.05) is 25.1 Å². The van der Waals surface area contributed by atoms with Crippen molar-refractivity contribution in [2.45, 2.75) is 31.9 Å². The summed E-state index contributed by atoms with van der Waals surface area (Å²) in [5.41, 5.74) is 6.40. The predicted molar refractivity (Wildman–Crippen MR) is 76.4 cm³/mol. The fraction of sp³-hybridized carbons (Fsp3) is 0.429. The zero-order valence-corrected chi connectivity index (χ0v) is 11.7. The zero-order chi connectivity index (χ0) is 15.0. The lowest BCUT2D eigenvalue weighted by atomic mass is 10.1. The zero-order valence-electron chi connectivity index (χ0n) is 11.7. The molecule has 0 aromatic heterocycles. The molecule has 4 N–H and O–H groups in total. The minimum Gasteiger partial charge on any atom is -0.409 e. The van der Waals surface area contributed by atoms with E-state index in [4.69, 9.17) is 15.7 Å². The van der Waals surface area contributed by atoms with Crippen LogP contribution in [0.4, 0.5) is 0 Å². The first-order valence-electron chi connectivity index (χ1n) is 6.43. The second kappa shape index (κ2) is 8.16. The summed E-state index contributed by atoms with van der Waals surface area (Å²) in [5, 5.41) is 14.6. The lowest BCUT2D eigenvalue weighted by Crippen LogP contribution is -2.37. The van der Waals surface area contributed by atoms with Gasteiger partial charge in [0.25, 0.3) is 0 Å². The Bertz CT molecular complexity index is 448. The molecule has 6 heteroatoms. The molecule has 1 aromatic rings. The van der Waals surface area contributed by atoms with Crippen molar-refractivity contribution in [2.75, 3.05) is 7.11 Å². The molecule has 0 heterocycles. The summed E-state index contributed by atoms with van der Waals surface area (Å²) in [4.78, 5) is 11.9. The molecular weight excluding hydrogens is 258 g/mol. The van der Waals surface area contributed by atoms with Gasteiger partial charge in [0.05, 0.1) is 6.10 Å². The molecule has 1 amide bonds. The van der Waals surface area contributed by atoms with Crippen LogP contribution in [-0.4, -0.2) is 30.2 Å². The van der Waals surface area contributed by atoms with Gasteiger partial charge >= 0.3 is 0 Å². The number of amidine groups is 1. The molecular formula is C14H21N3O3. The number of carbonyl (C=O) groups excluding carboxylic acids is 1. The highest BCUT2D eigenvalue weighted by Gasteiger charge is 2.19. The molecule has 0 aliphatic carbocycles. The van der Waals surface area contributed by atoms with Crippen LogP contribution in [0, 0.1) is 0 Å². The first kappa shape index (κ1) is 16.0. The van der Waals surface area contributed by atoms with Crippen molar-refractivity contribution in [3.63, 3.8) is 0 Å². The van der Waals surface area contributed by atoms with Crippen LogP contribution in [0.25, 0.3) is 0 Å². The monoisotopic (exact) mass is 279 g/mol. The molecule has 6 nitrogen and oxygen atoms in total. The Balaban J connectivity index is 2.69. The summed E-state index contributed by atoms with van der Waals surface area (Å²) in [6, 6.07) is 8.49. The highest BCUT2D eigenvalue weighted by molar-refractivity contribution is 5.90. The van der Waals surface area contributed by atoms with E-state index in [9.17, 15) is 4.79 Å². The Kier molecular flexibility index (Phi) is 6.52. The standard InChI is InChI=1S/C14H21N3O3/c1-10(20-2)8-9-12(18)16-13(14(15)17-19)11-6-4-3-5-7-11/h3-7,10,13,19H,8-9H2,1-2H3,(H2,15,17)(H,16,18). The van der Waals surface area contributed by atoms with Gasteiger partial charge in [-0.1, -0.05) is 35.5 Å². The Labute approximate surface area is 118 Å². The number of benzene rings is 1. The number of nitrogens with one attached hydrogen (secondary N) is 1. The van der Waals surface area contributed by atoms with E-state index in [2.05, 4.69) is 10.5 Å². The van der Waals surface area contributed by atoms with Crippen LogP contribution in [0.1, 0.15) is 31.4 Å². The summed E-state index contributed by atoms with van der Waals surface area (Å²) in [6.07, 6.45) is 0.941. The fourth-order valence-corrected chi connectivity index (χ4v) is 1.72. The van der Waals surface area contributed by atoms with Crippen molar-refractivity contribution >= 4 is 11.7 Å². The van der Waals surface area contributed by atoms with Crippen LogP contribution in [0.2, 0.25) is 0 Å². The SMILES string of the molecule is COC(C)CCC(=O)NC(/C(N)=N/O)c1ccccc1. The van der Waals surface area contributed by atoms with E-state index < -0.39 is 6.04 Å². The average molecular weight is 279 g/mol. The minimum atomic E-state index is -0.633. The van der Waals surface area contributed by atoms with Gasteiger partial charge in [-0.25, -0.2) is 0 Å². The lowest BCUT2D eigenvalue weighted by Gasteiger charge is -2.18. The van der Waals surface area contributed by atoms with Crippen molar-refractivity contribution in [3.05, 3.63) is 35.9 Å². The summed E-state index contributed by atoms with van der Waals surface area (Å²) < 4.78 is 5.09. The number of amides is 1. The molecule has 0 spiro atoms. The quantitative estimate of drug-likeness (QED) is 0.304. The Morgan fingerprint density at radius 2 is 2.10 bits per heavy atom. The van der Waals surface area contributed by atoms with Crippen LogP contribution in [0.15, 0.2) is 35.5 Å². The molecule has 1 rings (SSSR count). The smallest absolute Gasteiger partial charge is 0.220 e. The molecule has 0 saturated heterocycles. The average Bonchev–Trinajstić information content (AvgIpc) is 2.50. The highest BCUT2D eigenvalue weighted by Crippen LogP contribution is 2.13. The Hall–Kier alpha value is -2.08. The van der Waals surface area contributed by atoms with Crippen molar-refractivity contribution in [1.29, 1.82) is 0 Å². The summed E-state index contributed by atoms with van der Waals surface area (Å²) in [7, 11) is 1.60. The highest BCUT2D eigenvalue weighted by atomic mass is 16.5. The van der Waals surface area contributed by atoms with Gasteiger partial charge in [0.1, 0.15) is 6.04 Å². The van der Waals surface area contributed by atoms with Gasteiger partial charge in [-0.2, -0.15) is 0 Å². The predicted octanol–water partition coefficient (Wildman–Crippen LogP) is 1.41. The van der Waals surface area contributed by atoms with E-state index in [-0.39, 0.29) is 17.8 Å². The summed E-state index contributed by atoms with van der Waals surface area (Å²) in [6.45, 7) is 1.89. The molecule has 0 saturated carbocycles. The molecule has 2 unspecified atom stereocenters. The maximum Gasteiger partial charge on any atom is 0.220 e. The van der Waals surface area contributed by atoms with Crippen LogP contribution < -0.4 is 11.1 Å². The molecule has 0 fully saturated rings. The van der Waals surface area contributed by atoms with E-state index in [0.29, 0.717) is 12.8 Å². The Morgan fingerprint density at radius 1 is 1.45 bits per heavy atom. The molecule has 1 aromatic carbocycles. The van der Waals surface area contributed by atoms with Crippen LogP contribution in [0.5, 0.6) is 0 Å². The van der Waals surface area contributed by atoms with E-state index in [0.717, 1.165) is 5.56 Å². The molecule has 2 atom stereocenters. The van der Waals surface area contributed by atoms with E-state index in [1.54, 1.807) is 19.2 Å². The Morgan fingerprint density at radius 3 is 2.65 bits per heavy atom. The van der Waals surface area contributed by atoms with Crippen LogP contribution >= 0.6 is 0 Å².